The Hall–Kier alpha value is -2.25. The summed E-state index contributed by atoms with van der Waals surface area (Å²) in [6.45, 7) is 0. The summed E-state index contributed by atoms with van der Waals surface area (Å²) >= 11 is 0. The maximum atomic E-state index is 11.7. The lowest BCUT2D eigenvalue weighted by Crippen LogP contribution is -2.45. The molecule has 2 aromatic rings. The van der Waals surface area contributed by atoms with Crippen molar-refractivity contribution in [1.82, 2.24) is 0 Å². The highest BCUT2D eigenvalue weighted by atomic mass is 31.2. The number of nitrogens with zero attached hydrogens (tertiary/aromatic N) is 2. The first-order valence-corrected chi connectivity index (χ1v) is 7.37. The third-order valence-corrected chi connectivity index (χ3v) is 3.30. The first kappa shape index (κ1) is 15.1. The number of quaternary nitrogens is 1. The van der Waals surface area contributed by atoms with Crippen molar-refractivity contribution in [2.45, 2.75) is 0 Å². The molecule has 0 bridgehead atoms. The van der Waals surface area contributed by atoms with Gasteiger partial charge >= 0.3 is 7.75 Å². The van der Waals surface area contributed by atoms with Gasteiger partial charge < -0.3 is 0 Å². The second-order valence-corrected chi connectivity index (χ2v) is 5.44. The topological polar surface area (TPSA) is 112 Å². The molecule has 0 spiro atoms. The van der Waals surface area contributed by atoms with Gasteiger partial charge in [-0.05, 0) is 24.3 Å². The number of hydrogen-bond acceptors (Lipinski definition) is 5. The highest BCUT2D eigenvalue weighted by Gasteiger charge is 2.57. The molecule has 0 aliphatic rings. The molecule has 0 aliphatic carbocycles. The number of nitrogens with one attached hydrogen (secondary N) is 1. The molecular weight excluding hydrogens is 297 g/mol. The summed E-state index contributed by atoms with van der Waals surface area (Å²) in [4.78, 5) is 29.2. The Morgan fingerprint density at radius 1 is 0.905 bits per heavy atom. The van der Waals surface area contributed by atoms with Gasteiger partial charge in [0.1, 0.15) is 5.22 Å². The molecule has 0 saturated carbocycles. The van der Waals surface area contributed by atoms with Crippen LogP contribution in [0.25, 0.3) is 0 Å². The lowest BCUT2D eigenvalue weighted by Gasteiger charge is -2.23. The lowest BCUT2D eigenvalue weighted by molar-refractivity contribution is -1.13. The smallest absolute Gasteiger partial charge is 0.271 e. The molecule has 8 nitrogen and oxygen atoms in total. The summed E-state index contributed by atoms with van der Waals surface area (Å²) in [5.41, 5.74) is 7.12. The molecule has 0 fully saturated rings. The van der Waals surface area contributed by atoms with Crippen molar-refractivity contribution in [3.05, 3.63) is 60.7 Å². The van der Waals surface area contributed by atoms with Crippen LogP contribution in [0.4, 0.5) is 0 Å². The highest BCUT2D eigenvalue weighted by Crippen LogP contribution is 2.49. The lowest BCUT2D eigenvalue weighted by atomic mass is 10.3. The molecular formula is C12H13N3O5P+. The summed E-state index contributed by atoms with van der Waals surface area (Å²) < 4.78 is 9.72. The van der Waals surface area contributed by atoms with Crippen molar-refractivity contribution >= 4 is 7.75 Å². The van der Waals surface area contributed by atoms with E-state index in [-0.39, 0.29) is 11.5 Å². The average molecular weight is 310 g/mol. The normalized spacial score (nSPS) is 11.7. The van der Waals surface area contributed by atoms with Crippen molar-refractivity contribution in [2.75, 3.05) is 0 Å². The monoisotopic (exact) mass is 310 g/mol. The van der Waals surface area contributed by atoms with Crippen molar-refractivity contribution < 1.29 is 28.7 Å². The van der Waals surface area contributed by atoms with Crippen LogP contribution in [0.15, 0.2) is 65.9 Å². The van der Waals surface area contributed by atoms with Gasteiger partial charge in [-0.15, -0.1) is 5.53 Å². The minimum Gasteiger partial charge on any atom is -0.271 e. The van der Waals surface area contributed by atoms with Crippen LogP contribution in [0.3, 0.4) is 0 Å². The third kappa shape index (κ3) is 3.45. The largest absolute Gasteiger partial charge is 0.642 e. The molecule has 0 radical (unpaired) electrons. The van der Waals surface area contributed by atoms with Gasteiger partial charge in [0.05, 0.1) is 0 Å². The molecule has 0 saturated heterocycles. The van der Waals surface area contributed by atoms with E-state index >= 15 is 0 Å². The number of hydrogen-bond donors (Lipinski definition) is 3. The van der Waals surface area contributed by atoms with Gasteiger partial charge in [-0.25, -0.2) is 9.68 Å². The zero-order valence-electron chi connectivity index (χ0n) is 10.7. The Morgan fingerprint density at radius 3 is 1.57 bits per heavy atom. The molecule has 2 aromatic carbocycles. The van der Waals surface area contributed by atoms with Crippen LogP contribution in [-0.4, -0.2) is 14.5 Å². The van der Waals surface area contributed by atoms with Crippen LogP contribution in [0.2, 0.25) is 0 Å². The van der Waals surface area contributed by atoms with Gasteiger partial charge in [0.15, 0.2) is 11.5 Å². The summed E-state index contributed by atoms with van der Waals surface area (Å²) in [7, 11) is -5.10. The summed E-state index contributed by atoms with van der Waals surface area (Å²) in [5.74, 6) is 0.181. The van der Waals surface area contributed by atoms with Crippen molar-refractivity contribution in [2.24, 2.45) is 5.22 Å². The number of benzene rings is 2. The van der Waals surface area contributed by atoms with E-state index in [4.69, 9.17) is 15.2 Å². The van der Waals surface area contributed by atoms with Crippen LogP contribution >= 0.6 is 7.75 Å². The fourth-order valence-electron chi connectivity index (χ4n) is 1.46. The van der Waals surface area contributed by atoms with Gasteiger partial charge in [0.25, 0.3) is 4.69 Å². The molecule has 0 unspecified atom stereocenters. The Morgan fingerprint density at radius 2 is 1.29 bits per heavy atom. The minimum atomic E-state index is -5.10. The van der Waals surface area contributed by atoms with Crippen LogP contribution in [0.5, 0.6) is 11.5 Å². The van der Waals surface area contributed by atoms with E-state index in [1.165, 1.54) is 24.3 Å². The quantitative estimate of drug-likeness (QED) is 0.431. The second-order valence-electron chi connectivity index (χ2n) is 3.91. The maximum Gasteiger partial charge on any atom is 0.642 e. The number of para-hydroxylation sites is 2. The van der Waals surface area contributed by atoms with Gasteiger partial charge in [0, 0.05) is 0 Å². The van der Waals surface area contributed by atoms with E-state index in [9.17, 15) is 14.4 Å². The molecule has 3 N–H and O–H groups in total. The highest BCUT2D eigenvalue weighted by molar-refractivity contribution is 7.45. The average Bonchev–Trinajstić information content (AvgIpc) is 2.47. The molecule has 0 heterocycles. The van der Waals surface area contributed by atoms with E-state index < -0.39 is 12.4 Å². The minimum absolute atomic E-state index is 0.0905. The molecule has 0 atom stereocenters. The maximum absolute atomic E-state index is 11.7. The zero-order valence-corrected chi connectivity index (χ0v) is 11.6. The SMILES string of the molecule is N=N[N+](Oc1ccccc1)(Oc1ccccc1)P(=O)(O)O. The fraction of sp³-hybridized carbons (Fsp3) is 0. The fourth-order valence-corrected chi connectivity index (χ4v) is 1.98. The molecule has 21 heavy (non-hydrogen) atoms. The predicted molar refractivity (Wildman–Crippen MR) is 71.6 cm³/mol. The Kier molecular flexibility index (Phi) is 4.35. The molecule has 110 valence electrons. The standard InChI is InChI=1S/C12H12N3O5P/c13-14-15(21(16,17)18,19-11-7-3-1-4-8-11)20-12-9-5-2-6-10-12/h1-10,13H,(H-,16,17,18)/p+1. The molecule has 0 aromatic heterocycles. The van der Waals surface area contributed by atoms with Crippen LogP contribution in [0.1, 0.15) is 0 Å². The molecule has 9 heteroatoms. The van der Waals surface area contributed by atoms with Gasteiger partial charge in [-0.2, -0.15) is 4.57 Å². The van der Waals surface area contributed by atoms with Gasteiger partial charge in [-0.3, -0.25) is 9.79 Å². The van der Waals surface area contributed by atoms with Crippen LogP contribution < -0.4 is 9.68 Å². The zero-order chi connectivity index (χ0) is 15.3. The predicted octanol–water partition coefficient (Wildman–Crippen LogP) is 2.83. The van der Waals surface area contributed by atoms with Gasteiger partial charge in [0.2, 0.25) is 0 Å². The molecule has 0 aliphatic heterocycles. The van der Waals surface area contributed by atoms with Crippen LogP contribution in [-0.2, 0) is 4.57 Å². The van der Waals surface area contributed by atoms with E-state index in [1.54, 1.807) is 36.4 Å². The first-order valence-electron chi connectivity index (χ1n) is 5.80. The molecule has 2 rings (SSSR count). The van der Waals surface area contributed by atoms with Crippen molar-refractivity contribution in [3.63, 3.8) is 0 Å². The summed E-state index contributed by atoms with van der Waals surface area (Å²) in [5, 5.41) is 2.86. The Balaban J connectivity index is 2.39. The second kappa shape index (κ2) is 6.02. The first-order chi connectivity index (χ1) is 9.97. The molecule has 0 amide bonds. The third-order valence-electron chi connectivity index (χ3n) is 2.39. The van der Waals surface area contributed by atoms with E-state index in [0.29, 0.717) is 0 Å². The van der Waals surface area contributed by atoms with E-state index in [2.05, 4.69) is 5.22 Å². The summed E-state index contributed by atoms with van der Waals surface area (Å²) in [6, 6.07) is 15.7. The van der Waals surface area contributed by atoms with Crippen molar-refractivity contribution in [1.29, 1.82) is 5.53 Å². The summed E-state index contributed by atoms with van der Waals surface area (Å²) in [6.07, 6.45) is 0. The van der Waals surface area contributed by atoms with E-state index in [1.807, 2.05) is 0 Å². The van der Waals surface area contributed by atoms with Gasteiger partial charge in [-0.1, -0.05) is 36.4 Å². The Labute approximate surface area is 120 Å². The number of rotatable bonds is 6. The van der Waals surface area contributed by atoms with Crippen LogP contribution in [0, 0.1) is 5.53 Å². The van der Waals surface area contributed by atoms with E-state index in [0.717, 1.165) is 0 Å². The van der Waals surface area contributed by atoms with Crippen molar-refractivity contribution in [3.8, 4) is 11.5 Å². The Bertz CT molecular complexity index is 605.